The van der Waals surface area contributed by atoms with Crippen molar-refractivity contribution in [3.05, 3.63) is 0 Å². The molecule has 0 aromatic carbocycles. The lowest BCUT2D eigenvalue weighted by molar-refractivity contribution is -0.152. The van der Waals surface area contributed by atoms with E-state index < -0.39 is 11.4 Å². The molecular formula is C16H27NO5. The lowest BCUT2D eigenvalue weighted by atomic mass is 9.88. The Morgan fingerprint density at radius 3 is 2.68 bits per heavy atom. The number of hydrogen-bond donors (Lipinski definition) is 1. The van der Waals surface area contributed by atoms with Crippen LogP contribution in [0.25, 0.3) is 0 Å². The van der Waals surface area contributed by atoms with Crippen molar-refractivity contribution in [2.24, 2.45) is 11.3 Å². The minimum absolute atomic E-state index is 0.0533. The van der Waals surface area contributed by atoms with E-state index >= 15 is 0 Å². The monoisotopic (exact) mass is 313 g/mol. The standard InChI is InChI=1S/C16H27NO5/c1-12-5-3-4-6-13(12)22-9-14(18)17-8-7-16(10-17,11-21-2)15(19)20/h12-13H,3-11H2,1-2H3,(H,19,20). The van der Waals surface area contributed by atoms with Crippen LogP contribution in [0.1, 0.15) is 39.0 Å². The fourth-order valence-corrected chi connectivity index (χ4v) is 3.52. The van der Waals surface area contributed by atoms with Crippen LogP contribution in [0.15, 0.2) is 0 Å². The molecule has 0 bridgehead atoms. The molecule has 1 N–H and O–H groups in total. The molecule has 2 aliphatic rings. The first kappa shape index (κ1) is 17.2. The number of aliphatic carboxylic acids is 1. The Hall–Kier alpha value is -1.14. The molecule has 6 nitrogen and oxygen atoms in total. The van der Waals surface area contributed by atoms with Gasteiger partial charge in [-0.1, -0.05) is 19.8 Å². The van der Waals surface area contributed by atoms with Gasteiger partial charge in [0.05, 0.1) is 12.7 Å². The maximum Gasteiger partial charge on any atom is 0.313 e. The van der Waals surface area contributed by atoms with Crippen LogP contribution in [-0.2, 0) is 19.1 Å². The molecule has 126 valence electrons. The quantitative estimate of drug-likeness (QED) is 0.805. The van der Waals surface area contributed by atoms with Crippen LogP contribution < -0.4 is 0 Å². The predicted molar refractivity (Wildman–Crippen MR) is 80.5 cm³/mol. The zero-order chi connectivity index (χ0) is 16.2. The number of likely N-dealkylation sites (tertiary alicyclic amines) is 1. The Kier molecular flexibility index (Phi) is 5.81. The van der Waals surface area contributed by atoms with Crippen molar-refractivity contribution < 1.29 is 24.2 Å². The molecule has 1 saturated carbocycles. The van der Waals surface area contributed by atoms with Crippen molar-refractivity contribution in [2.45, 2.75) is 45.1 Å². The second kappa shape index (κ2) is 7.42. The largest absolute Gasteiger partial charge is 0.481 e. The number of ether oxygens (including phenoxy) is 2. The zero-order valence-corrected chi connectivity index (χ0v) is 13.5. The lowest BCUT2D eigenvalue weighted by Gasteiger charge is -2.29. The van der Waals surface area contributed by atoms with Gasteiger partial charge in [-0.25, -0.2) is 0 Å². The van der Waals surface area contributed by atoms with Gasteiger partial charge < -0.3 is 19.5 Å². The van der Waals surface area contributed by atoms with Crippen LogP contribution in [0.2, 0.25) is 0 Å². The summed E-state index contributed by atoms with van der Waals surface area (Å²) >= 11 is 0. The molecular weight excluding hydrogens is 286 g/mol. The molecule has 1 amide bonds. The average Bonchev–Trinajstić information content (AvgIpc) is 2.92. The SMILES string of the molecule is COCC1(C(=O)O)CCN(C(=O)COC2CCCCC2C)C1. The topological polar surface area (TPSA) is 76.1 Å². The molecule has 3 unspecified atom stereocenters. The Morgan fingerprint density at radius 2 is 2.05 bits per heavy atom. The van der Waals surface area contributed by atoms with Crippen molar-refractivity contribution in [3.63, 3.8) is 0 Å². The third kappa shape index (κ3) is 3.79. The number of hydrogen-bond acceptors (Lipinski definition) is 4. The van der Waals surface area contributed by atoms with Gasteiger partial charge in [-0.3, -0.25) is 9.59 Å². The Balaban J connectivity index is 1.84. The van der Waals surface area contributed by atoms with Gasteiger partial charge in [0.2, 0.25) is 5.91 Å². The molecule has 1 aliphatic heterocycles. The van der Waals surface area contributed by atoms with Crippen molar-refractivity contribution in [2.75, 3.05) is 33.4 Å². The highest BCUT2D eigenvalue weighted by atomic mass is 16.5. The molecule has 2 rings (SSSR count). The van der Waals surface area contributed by atoms with Gasteiger partial charge in [0.15, 0.2) is 0 Å². The van der Waals surface area contributed by atoms with Crippen LogP contribution >= 0.6 is 0 Å². The van der Waals surface area contributed by atoms with Crippen molar-refractivity contribution >= 4 is 11.9 Å². The number of methoxy groups -OCH3 is 1. The smallest absolute Gasteiger partial charge is 0.313 e. The van der Waals surface area contributed by atoms with Crippen molar-refractivity contribution in [1.29, 1.82) is 0 Å². The number of nitrogens with zero attached hydrogens (tertiary/aromatic N) is 1. The van der Waals surface area contributed by atoms with Gasteiger partial charge in [-0.05, 0) is 25.2 Å². The van der Waals surface area contributed by atoms with Gasteiger partial charge in [0.1, 0.15) is 12.0 Å². The van der Waals surface area contributed by atoms with Gasteiger partial charge in [-0.2, -0.15) is 0 Å². The summed E-state index contributed by atoms with van der Waals surface area (Å²) in [7, 11) is 1.49. The molecule has 3 atom stereocenters. The summed E-state index contributed by atoms with van der Waals surface area (Å²) in [5.41, 5.74) is -0.970. The fourth-order valence-electron chi connectivity index (χ4n) is 3.52. The number of carbonyl (C=O) groups is 2. The van der Waals surface area contributed by atoms with Crippen LogP contribution in [0.4, 0.5) is 0 Å². The summed E-state index contributed by atoms with van der Waals surface area (Å²) in [5.74, 6) is -0.518. The summed E-state index contributed by atoms with van der Waals surface area (Å²) < 4.78 is 10.8. The van der Waals surface area contributed by atoms with E-state index in [4.69, 9.17) is 9.47 Å². The predicted octanol–water partition coefficient (Wildman–Crippen LogP) is 1.53. The van der Waals surface area contributed by atoms with E-state index in [9.17, 15) is 14.7 Å². The maximum absolute atomic E-state index is 12.3. The molecule has 1 aliphatic carbocycles. The highest BCUT2D eigenvalue weighted by Gasteiger charge is 2.46. The third-order valence-corrected chi connectivity index (χ3v) is 5.03. The van der Waals surface area contributed by atoms with Gasteiger partial charge in [0.25, 0.3) is 0 Å². The Bertz CT molecular complexity index is 413. The molecule has 2 fully saturated rings. The van der Waals surface area contributed by atoms with Crippen LogP contribution in [0, 0.1) is 11.3 Å². The normalized spacial score (nSPS) is 32.2. The number of carbonyl (C=O) groups excluding carboxylic acids is 1. The summed E-state index contributed by atoms with van der Waals surface area (Å²) in [6, 6.07) is 0. The summed E-state index contributed by atoms with van der Waals surface area (Å²) in [6.07, 6.45) is 5.14. The summed E-state index contributed by atoms with van der Waals surface area (Å²) in [4.78, 5) is 25.4. The van der Waals surface area contributed by atoms with Crippen LogP contribution in [-0.4, -0.2) is 61.4 Å². The molecule has 0 aromatic heterocycles. The van der Waals surface area contributed by atoms with Crippen LogP contribution in [0.3, 0.4) is 0 Å². The third-order valence-electron chi connectivity index (χ3n) is 5.03. The van der Waals surface area contributed by atoms with Gasteiger partial charge in [-0.15, -0.1) is 0 Å². The van der Waals surface area contributed by atoms with E-state index in [1.807, 2.05) is 0 Å². The first-order chi connectivity index (χ1) is 10.5. The van der Waals surface area contributed by atoms with Crippen molar-refractivity contribution in [1.82, 2.24) is 4.90 Å². The number of carboxylic acid groups (broad SMARTS) is 1. The van der Waals surface area contributed by atoms with Crippen molar-refractivity contribution in [3.8, 4) is 0 Å². The maximum atomic E-state index is 12.3. The highest BCUT2D eigenvalue weighted by molar-refractivity contribution is 5.81. The molecule has 1 saturated heterocycles. The van der Waals surface area contributed by atoms with Crippen LogP contribution in [0.5, 0.6) is 0 Å². The second-order valence-corrected chi connectivity index (χ2v) is 6.69. The minimum Gasteiger partial charge on any atom is -0.481 e. The fraction of sp³-hybridized carbons (Fsp3) is 0.875. The molecule has 0 radical (unpaired) electrons. The average molecular weight is 313 g/mol. The second-order valence-electron chi connectivity index (χ2n) is 6.69. The zero-order valence-electron chi connectivity index (χ0n) is 13.5. The number of carboxylic acids is 1. The van der Waals surface area contributed by atoms with E-state index in [0.29, 0.717) is 18.9 Å². The van der Waals surface area contributed by atoms with Gasteiger partial charge in [0, 0.05) is 20.2 Å². The van der Waals surface area contributed by atoms with E-state index in [1.54, 1.807) is 4.90 Å². The van der Waals surface area contributed by atoms with E-state index in [0.717, 1.165) is 19.3 Å². The van der Waals surface area contributed by atoms with Gasteiger partial charge >= 0.3 is 5.97 Å². The highest BCUT2D eigenvalue weighted by Crippen LogP contribution is 2.32. The Morgan fingerprint density at radius 1 is 1.32 bits per heavy atom. The minimum atomic E-state index is -0.970. The van der Waals surface area contributed by atoms with E-state index in [2.05, 4.69) is 6.92 Å². The summed E-state index contributed by atoms with van der Waals surface area (Å²) in [6.45, 7) is 3.01. The first-order valence-electron chi connectivity index (χ1n) is 8.10. The van der Waals surface area contributed by atoms with E-state index in [1.165, 1.54) is 13.5 Å². The molecule has 0 spiro atoms. The van der Waals surface area contributed by atoms with E-state index in [-0.39, 0.29) is 31.8 Å². The molecule has 6 heteroatoms. The number of amides is 1. The first-order valence-corrected chi connectivity index (χ1v) is 8.10. The Labute approximate surface area is 131 Å². The molecule has 22 heavy (non-hydrogen) atoms. The summed E-state index contributed by atoms with van der Waals surface area (Å²) in [5, 5.41) is 9.41. The molecule has 1 heterocycles. The lowest BCUT2D eigenvalue weighted by Crippen LogP contribution is -2.41. The molecule has 0 aromatic rings. The number of rotatable bonds is 6.